The van der Waals surface area contributed by atoms with Gasteiger partial charge >= 0.3 is 0 Å². The Morgan fingerprint density at radius 3 is 2.45 bits per heavy atom. The number of benzene rings is 1. The Morgan fingerprint density at radius 1 is 1.15 bits per heavy atom. The van der Waals surface area contributed by atoms with Gasteiger partial charge in [-0.25, -0.2) is 0 Å². The number of aryl methyl sites for hydroxylation is 1. The molecule has 0 amide bonds. The summed E-state index contributed by atoms with van der Waals surface area (Å²) in [6.45, 7) is 2.21. The van der Waals surface area contributed by atoms with E-state index in [9.17, 15) is 0 Å². The topological polar surface area (TPSA) is 23.8 Å². The minimum Gasteiger partial charge on any atom is -0.192 e. The van der Waals surface area contributed by atoms with Gasteiger partial charge in [-0.2, -0.15) is 5.26 Å². The van der Waals surface area contributed by atoms with Gasteiger partial charge in [0.25, 0.3) is 0 Å². The maximum Gasteiger partial charge on any atom is 0.0991 e. The van der Waals surface area contributed by atoms with Crippen LogP contribution < -0.4 is 0 Å². The highest BCUT2D eigenvalue weighted by Gasteiger charge is 2.19. The Bertz CT molecular complexity index is 456. The predicted molar refractivity (Wildman–Crippen MR) is 84.4 cm³/mol. The standard InChI is InChI=1S/C19H25N/c1-2-3-4-16-5-7-17(8-6-16)9-10-18-11-13-19(15-20)14-12-18/h3-4,11-14,16-17H,2,5-10H2,1H3. The van der Waals surface area contributed by atoms with Crippen molar-refractivity contribution in [3.05, 3.63) is 47.5 Å². The van der Waals surface area contributed by atoms with Gasteiger partial charge < -0.3 is 0 Å². The van der Waals surface area contributed by atoms with Gasteiger partial charge in [0.1, 0.15) is 0 Å². The molecule has 0 atom stereocenters. The molecule has 0 unspecified atom stereocenters. The summed E-state index contributed by atoms with van der Waals surface area (Å²) < 4.78 is 0. The molecule has 0 radical (unpaired) electrons. The quantitative estimate of drug-likeness (QED) is 0.667. The summed E-state index contributed by atoms with van der Waals surface area (Å²) >= 11 is 0. The fourth-order valence-electron chi connectivity index (χ4n) is 3.11. The van der Waals surface area contributed by atoms with Gasteiger partial charge in [0.2, 0.25) is 0 Å². The van der Waals surface area contributed by atoms with E-state index in [0.717, 1.165) is 23.8 Å². The molecule has 2 rings (SSSR count). The third-order valence-electron chi connectivity index (χ3n) is 4.46. The highest BCUT2D eigenvalue weighted by molar-refractivity contribution is 5.31. The number of nitriles is 1. The first-order chi connectivity index (χ1) is 9.81. The third-order valence-corrected chi connectivity index (χ3v) is 4.46. The molecule has 0 heterocycles. The first kappa shape index (κ1) is 14.9. The van der Waals surface area contributed by atoms with Gasteiger partial charge in [0, 0.05) is 0 Å². The second-order valence-electron chi connectivity index (χ2n) is 5.96. The number of hydrogen-bond donors (Lipinski definition) is 0. The first-order valence-electron chi connectivity index (χ1n) is 7.97. The largest absolute Gasteiger partial charge is 0.192 e. The van der Waals surface area contributed by atoms with Gasteiger partial charge in [-0.15, -0.1) is 0 Å². The van der Waals surface area contributed by atoms with Crippen molar-refractivity contribution < 1.29 is 0 Å². The summed E-state index contributed by atoms with van der Waals surface area (Å²) in [6, 6.07) is 10.3. The average molecular weight is 267 g/mol. The number of hydrogen-bond acceptors (Lipinski definition) is 1. The zero-order valence-electron chi connectivity index (χ0n) is 12.5. The van der Waals surface area contributed by atoms with Gasteiger partial charge in [-0.1, -0.05) is 31.2 Å². The summed E-state index contributed by atoms with van der Waals surface area (Å²) in [5, 5.41) is 8.79. The molecule has 0 N–H and O–H groups in total. The Morgan fingerprint density at radius 2 is 1.85 bits per heavy atom. The maximum absolute atomic E-state index is 8.79. The van der Waals surface area contributed by atoms with Crippen LogP contribution in [0.15, 0.2) is 36.4 Å². The lowest BCUT2D eigenvalue weighted by molar-refractivity contribution is 0.296. The molecule has 1 aliphatic carbocycles. The molecule has 1 aromatic carbocycles. The zero-order valence-corrected chi connectivity index (χ0v) is 12.5. The normalized spacial score (nSPS) is 22.8. The van der Waals surface area contributed by atoms with Gasteiger partial charge in [-0.3, -0.25) is 0 Å². The van der Waals surface area contributed by atoms with Gasteiger partial charge in [-0.05, 0) is 74.5 Å². The molecule has 1 fully saturated rings. The van der Waals surface area contributed by atoms with E-state index < -0.39 is 0 Å². The van der Waals surface area contributed by atoms with Crippen LogP contribution in [0.25, 0.3) is 0 Å². The van der Waals surface area contributed by atoms with E-state index in [1.54, 1.807) is 0 Å². The highest BCUT2D eigenvalue weighted by atomic mass is 14.2. The summed E-state index contributed by atoms with van der Waals surface area (Å²) in [5.74, 6) is 1.73. The minimum absolute atomic E-state index is 0.761. The molecule has 1 aliphatic rings. The van der Waals surface area contributed by atoms with E-state index in [1.165, 1.54) is 44.1 Å². The van der Waals surface area contributed by atoms with Crippen LogP contribution in [0.2, 0.25) is 0 Å². The van der Waals surface area contributed by atoms with E-state index in [0.29, 0.717) is 0 Å². The Balaban J connectivity index is 1.73. The SMILES string of the molecule is CCC=CC1CCC(CCc2ccc(C#N)cc2)CC1. The zero-order chi connectivity index (χ0) is 14.2. The smallest absolute Gasteiger partial charge is 0.0991 e. The van der Waals surface area contributed by atoms with Crippen molar-refractivity contribution in [3.8, 4) is 6.07 Å². The third kappa shape index (κ3) is 4.53. The molecule has 0 saturated heterocycles. The number of nitrogens with zero attached hydrogens (tertiary/aromatic N) is 1. The summed E-state index contributed by atoms with van der Waals surface area (Å²) in [4.78, 5) is 0. The number of rotatable bonds is 5. The number of allylic oxidation sites excluding steroid dienone is 2. The fourth-order valence-corrected chi connectivity index (χ4v) is 3.11. The van der Waals surface area contributed by atoms with Crippen LogP contribution in [-0.2, 0) is 6.42 Å². The molecule has 1 nitrogen and oxygen atoms in total. The van der Waals surface area contributed by atoms with E-state index in [4.69, 9.17) is 5.26 Å². The van der Waals surface area contributed by atoms with Crippen molar-refractivity contribution in [2.24, 2.45) is 11.8 Å². The summed E-state index contributed by atoms with van der Waals surface area (Å²) in [7, 11) is 0. The maximum atomic E-state index is 8.79. The van der Waals surface area contributed by atoms with Crippen molar-refractivity contribution >= 4 is 0 Å². The molecule has 20 heavy (non-hydrogen) atoms. The lowest BCUT2D eigenvalue weighted by Gasteiger charge is -2.26. The van der Waals surface area contributed by atoms with E-state index in [2.05, 4.69) is 37.3 Å². The van der Waals surface area contributed by atoms with E-state index in [-0.39, 0.29) is 0 Å². The Labute approximate surface area is 123 Å². The molecule has 0 aliphatic heterocycles. The van der Waals surface area contributed by atoms with Crippen LogP contribution in [-0.4, -0.2) is 0 Å². The summed E-state index contributed by atoms with van der Waals surface area (Å²) in [5.41, 5.74) is 2.13. The van der Waals surface area contributed by atoms with Crippen LogP contribution in [0.3, 0.4) is 0 Å². The molecular formula is C19H25N. The fraction of sp³-hybridized carbons (Fsp3) is 0.526. The molecule has 1 heteroatoms. The molecule has 1 aromatic rings. The second kappa shape index (κ2) is 7.90. The Kier molecular flexibility index (Phi) is 5.87. The van der Waals surface area contributed by atoms with Crippen molar-refractivity contribution in [2.75, 3.05) is 0 Å². The summed E-state index contributed by atoms with van der Waals surface area (Å²) in [6.07, 6.45) is 13.9. The lowest BCUT2D eigenvalue weighted by Crippen LogP contribution is -2.13. The van der Waals surface area contributed by atoms with E-state index >= 15 is 0 Å². The second-order valence-corrected chi connectivity index (χ2v) is 5.96. The lowest BCUT2D eigenvalue weighted by atomic mass is 9.79. The molecule has 1 saturated carbocycles. The predicted octanol–water partition coefficient (Wildman–Crippen LogP) is 5.26. The van der Waals surface area contributed by atoms with Crippen LogP contribution in [0, 0.1) is 23.2 Å². The van der Waals surface area contributed by atoms with Gasteiger partial charge in [0.15, 0.2) is 0 Å². The van der Waals surface area contributed by atoms with Crippen LogP contribution in [0.4, 0.5) is 0 Å². The first-order valence-corrected chi connectivity index (χ1v) is 7.97. The van der Waals surface area contributed by atoms with Crippen LogP contribution in [0.1, 0.15) is 56.6 Å². The molecule has 0 bridgehead atoms. The molecule has 0 spiro atoms. The van der Waals surface area contributed by atoms with Crippen molar-refractivity contribution in [3.63, 3.8) is 0 Å². The highest BCUT2D eigenvalue weighted by Crippen LogP contribution is 2.32. The Hall–Kier alpha value is -1.55. The molecule has 0 aromatic heterocycles. The average Bonchev–Trinajstić information content (AvgIpc) is 2.52. The van der Waals surface area contributed by atoms with Crippen LogP contribution in [0.5, 0.6) is 0 Å². The molecule has 106 valence electrons. The monoisotopic (exact) mass is 267 g/mol. The van der Waals surface area contributed by atoms with E-state index in [1.807, 2.05) is 12.1 Å². The van der Waals surface area contributed by atoms with Crippen molar-refractivity contribution in [1.82, 2.24) is 0 Å². The van der Waals surface area contributed by atoms with Crippen LogP contribution >= 0.6 is 0 Å². The molecular weight excluding hydrogens is 242 g/mol. The van der Waals surface area contributed by atoms with Gasteiger partial charge in [0.05, 0.1) is 11.6 Å². The van der Waals surface area contributed by atoms with Crippen molar-refractivity contribution in [1.29, 1.82) is 5.26 Å². The van der Waals surface area contributed by atoms with Crippen molar-refractivity contribution in [2.45, 2.75) is 51.9 Å². The minimum atomic E-state index is 0.761.